The van der Waals surface area contributed by atoms with E-state index in [1.54, 1.807) is 29.5 Å². The second kappa shape index (κ2) is 5.34. The first kappa shape index (κ1) is 11.1. The molecule has 0 rings (SSSR count). The molecule has 0 aromatic carbocycles. The molecule has 7 heavy (non-hydrogen) atoms. The average molecular weight is 222 g/mol. The van der Waals surface area contributed by atoms with Crippen LogP contribution >= 0.6 is 22.6 Å². The molecule has 0 spiro atoms. The van der Waals surface area contributed by atoms with Crippen molar-refractivity contribution >= 4 is 28.6 Å². The fourth-order valence-electron chi connectivity index (χ4n) is 0. The van der Waals surface area contributed by atoms with Crippen molar-refractivity contribution in [1.82, 2.24) is 0 Å². The molecule has 0 heterocycles. The Labute approximate surface area is 78.1 Å². The van der Waals surface area contributed by atoms with Gasteiger partial charge in [0.25, 0.3) is 0 Å². The summed E-state index contributed by atoms with van der Waals surface area (Å²) in [5.41, 5.74) is 0. The van der Waals surface area contributed by atoms with Crippen LogP contribution in [0.15, 0.2) is 0 Å². The van der Waals surface area contributed by atoms with Crippen molar-refractivity contribution in [2.45, 2.75) is 10.8 Å². The van der Waals surface area contributed by atoms with Crippen molar-refractivity contribution in [3.8, 4) is 0 Å². The first-order valence-electron chi connectivity index (χ1n) is 1.49. The van der Waals surface area contributed by atoms with Crippen molar-refractivity contribution in [1.29, 1.82) is 0 Å². The van der Waals surface area contributed by atoms with Crippen molar-refractivity contribution in [3.05, 3.63) is 0 Å². The number of aliphatic carboxylic acids is 1. The number of carbonyl (C=O) groups is 1. The maximum Gasteiger partial charge on any atom is 1.00 e. The molecule has 0 unspecified atom stereocenters. The van der Waals surface area contributed by atoms with Crippen LogP contribution in [0.3, 0.4) is 0 Å². The minimum absolute atomic E-state index is 0. The van der Waals surface area contributed by atoms with Gasteiger partial charge in [-0.3, -0.25) is 0 Å². The summed E-state index contributed by atoms with van der Waals surface area (Å²) in [7, 11) is 0. The summed E-state index contributed by atoms with van der Waals surface area (Å²) in [5.74, 6) is -1.00. The summed E-state index contributed by atoms with van der Waals surface area (Å²) in [5, 5.41) is 9.58. The van der Waals surface area contributed by atoms with E-state index in [1.807, 2.05) is 0 Å². The Kier molecular flexibility index (Phi) is 8.43. The van der Waals surface area contributed by atoms with Crippen LogP contribution in [0.2, 0.25) is 0 Å². The number of carboxylic acid groups (broad SMARTS) is 1. The predicted octanol–water partition coefficient (Wildman–Crippen LogP) is -3.44. The summed E-state index contributed by atoms with van der Waals surface area (Å²) in [6.45, 7) is 1.57. The Morgan fingerprint density at radius 2 is 2.00 bits per heavy atom. The molecular weight excluding hydrogens is 218 g/mol. The van der Waals surface area contributed by atoms with E-state index in [0.29, 0.717) is 0 Å². The van der Waals surface area contributed by atoms with Crippen molar-refractivity contribution < 1.29 is 39.5 Å². The minimum Gasteiger partial charge on any atom is -0.549 e. The van der Waals surface area contributed by atoms with Crippen molar-refractivity contribution in [2.24, 2.45) is 0 Å². The largest absolute Gasteiger partial charge is 1.00 e. The Morgan fingerprint density at radius 1 is 1.86 bits per heavy atom. The third kappa shape index (κ3) is 7.20. The van der Waals surface area contributed by atoms with Gasteiger partial charge in [-0.25, -0.2) is 0 Å². The Hall–Kier alpha value is 1.20. The van der Waals surface area contributed by atoms with Crippen molar-refractivity contribution in [3.63, 3.8) is 0 Å². The summed E-state index contributed by atoms with van der Waals surface area (Å²) < 4.78 is -0.373. The third-order valence-electron chi connectivity index (χ3n) is 0.325. The molecule has 1 atom stereocenters. The zero-order valence-corrected chi connectivity index (χ0v) is 8.43. The van der Waals surface area contributed by atoms with Gasteiger partial charge >= 0.3 is 29.6 Å². The van der Waals surface area contributed by atoms with E-state index in [9.17, 15) is 9.90 Å². The summed E-state index contributed by atoms with van der Waals surface area (Å²) >= 11 is 1.77. The maximum atomic E-state index is 9.58. The van der Waals surface area contributed by atoms with E-state index < -0.39 is 5.97 Å². The molecule has 0 aromatic rings. The number of carboxylic acids is 1. The number of rotatable bonds is 1. The average Bonchev–Trinajstić information content (AvgIpc) is 1.36. The van der Waals surface area contributed by atoms with Gasteiger partial charge in [0.1, 0.15) is 0 Å². The second-order valence-corrected chi connectivity index (χ2v) is 2.80. The fourth-order valence-corrected chi connectivity index (χ4v) is 0. The van der Waals surface area contributed by atoms with Crippen LogP contribution in [0.5, 0.6) is 0 Å². The first-order valence-corrected chi connectivity index (χ1v) is 2.74. The molecule has 0 fully saturated rings. The molecule has 4 heteroatoms. The standard InChI is InChI=1S/C3H5IO2.Na/c1-2(4)3(5)6;/h2H,1H3,(H,5,6);/q;+1/p-1/t2-;/m0./s1. The number of carbonyl (C=O) groups excluding carboxylic acids is 1. The van der Waals surface area contributed by atoms with Gasteiger partial charge in [0.15, 0.2) is 0 Å². The van der Waals surface area contributed by atoms with Crippen LogP contribution in [0.25, 0.3) is 0 Å². The van der Waals surface area contributed by atoms with Crippen LogP contribution in [0, 0.1) is 0 Å². The maximum absolute atomic E-state index is 9.58. The molecular formula is C3H4INaO2. The third-order valence-corrected chi connectivity index (χ3v) is 0.833. The van der Waals surface area contributed by atoms with Gasteiger partial charge < -0.3 is 9.90 Å². The van der Waals surface area contributed by atoms with Gasteiger partial charge in [-0.1, -0.05) is 22.6 Å². The molecule has 0 radical (unpaired) electrons. The van der Waals surface area contributed by atoms with E-state index in [1.165, 1.54) is 0 Å². The zero-order chi connectivity index (χ0) is 5.15. The fraction of sp³-hybridized carbons (Fsp3) is 0.667. The summed E-state index contributed by atoms with van der Waals surface area (Å²) in [4.78, 5) is 9.58. The van der Waals surface area contributed by atoms with Gasteiger partial charge in [-0.2, -0.15) is 0 Å². The van der Waals surface area contributed by atoms with E-state index >= 15 is 0 Å². The smallest absolute Gasteiger partial charge is 0.549 e. The molecule has 0 aliphatic carbocycles. The number of alkyl halides is 1. The topological polar surface area (TPSA) is 40.1 Å². The predicted molar refractivity (Wildman–Crippen MR) is 28.5 cm³/mol. The van der Waals surface area contributed by atoms with Crippen LogP contribution in [0.4, 0.5) is 0 Å². The summed E-state index contributed by atoms with van der Waals surface area (Å²) in [6.07, 6.45) is 0. The number of halogens is 1. The van der Waals surface area contributed by atoms with E-state index in [4.69, 9.17) is 0 Å². The molecule has 0 aliphatic rings. The molecule has 0 N–H and O–H groups in total. The van der Waals surface area contributed by atoms with Crippen LogP contribution < -0.4 is 34.7 Å². The van der Waals surface area contributed by atoms with Gasteiger partial charge in [0.05, 0.1) is 5.97 Å². The molecule has 0 bridgehead atoms. The molecule has 0 saturated heterocycles. The van der Waals surface area contributed by atoms with Crippen molar-refractivity contribution in [2.75, 3.05) is 0 Å². The van der Waals surface area contributed by atoms with Crippen LogP contribution in [-0.2, 0) is 4.79 Å². The van der Waals surface area contributed by atoms with Gasteiger partial charge in [0.2, 0.25) is 0 Å². The minimum atomic E-state index is -1.00. The molecule has 0 aliphatic heterocycles. The Balaban J connectivity index is 0. The monoisotopic (exact) mass is 222 g/mol. The van der Waals surface area contributed by atoms with Gasteiger partial charge in [0, 0.05) is 3.92 Å². The zero-order valence-electron chi connectivity index (χ0n) is 4.27. The van der Waals surface area contributed by atoms with Gasteiger partial charge in [-0.15, -0.1) is 0 Å². The molecule has 0 aromatic heterocycles. The second-order valence-electron chi connectivity index (χ2n) is 0.935. The molecule has 2 nitrogen and oxygen atoms in total. The number of hydrogen-bond donors (Lipinski definition) is 0. The summed E-state index contributed by atoms with van der Waals surface area (Å²) in [6, 6.07) is 0. The quantitative estimate of drug-likeness (QED) is 0.263. The van der Waals surface area contributed by atoms with E-state index in [0.717, 1.165) is 0 Å². The number of hydrogen-bond acceptors (Lipinski definition) is 2. The molecule has 0 amide bonds. The SMILES string of the molecule is C[C@H](I)C(=O)[O-].[Na+]. The van der Waals surface area contributed by atoms with Gasteiger partial charge in [-0.05, 0) is 6.92 Å². The first-order chi connectivity index (χ1) is 2.64. The molecule has 0 saturated carbocycles. The Bertz CT molecular complexity index is 64.0. The normalized spacial score (nSPS) is 11.7. The molecule has 36 valence electrons. The van der Waals surface area contributed by atoms with E-state index in [2.05, 4.69) is 0 Å². The van der Waals surface area contributed by atoms with Crippen LogP contribution in [0.1, 0.15) is 6.92 Å². The Morgan fingerprint density at radius 3 is 2.00 bits per heavy atom. The van der Waals surface area contributed by atoms with Crippen LogP contribution in [-0.4, -0.2) is 9.89 Å². The van der Waals surface area contributed by atoms with E-state index in [-0.39, 0.29) is 33.5 Å².